The Morgan fingerprint density at radius 3 is 2.10 bits per heavy atom. The molecule has 0 saturated carbocycles. The molecule has 0 aliphatic carbocycles. The monoisotopic (exact) mass is 454 g/mol. The van der Waals surface area contributed by atoms with Crippen molar-refractivity contribution in [2.75, 3.05) is 13.2 Å². The number of terminal acetylenes is 1. The lowest BCUT2D eigenvalue weighted by Crippen LogP contribution is -2.66. The van der Waals surface area contributed by atoms with Crippen molar-refractivity contribution in [3.8, 4) is 12.3 Å². The van der Waals surface area contributed by atoms with Crippen molar-refractivity contribution in [1.29, 1.82) is 0 Å². The lowest BCUT2D eigenvalue weighted by molar-refractivity contribution is -0.156. The van der Waals surface area contributed by atoms with Crippen LogP contribution >= 0.6 is 11.6 Å². The van der Waals surface area contributed by atoms with Crippen molar-refractivity contribution in [2.45, 2.75) is 51.4 Å². The standard InChI is InChI=1S/C26H31ClO3Si/c1-5-24(23(27)20-29-25-18-12-13-19-28-25)30-31(26(2,3)4,21-14-8-6-9-15-21)22-16-10-7-11-17-22/h1,6-11,14-17,25H,12-13,18-20H2,2-4H3/b24-23+. The van der Waals surface area contributed by atoms with Crippen molar-refractivity contribution < 1.29 is 13.9 Å². The van der Waals surface area contributed by atoms with E-state index in [2.05, 4.69) is 51.0 Å². The molecule has 0 bridgehead atoms. The summed E-state index contributed by atoms with van der Waals surface area (Å²) in [6.45, 7) is 7.49. The van der Waals surface area contributed by atoms with Gasteiger partial charge < -0.3 is 13.9 Å². The molecule has 0 radical (unpaired) electrons. The van der Waals surface area contributed by atoms with Crippen LogP contribution in [-0.2, 0) is 13.9 Å². The summed E-state index contributed by atoms with van der Waals surface area (Å²) in [5.74, 6) is 3.04. The topological polar surface area (TPSA) is 27.7 Å². The van der Waals surface area contributed by atoms with Gasteiger partial charge in [0.1, 0.15) is 0 Å². The molecule has 0 aromatic heterocycles. The van der Waals surface area contributed by atoms with Gasteiger partial charge in [-0.3, -0.25) is 0 Å². The summed E-state index contributed by atoms with van der Waals surface area (Å²) >= 11 is 6.65. The number of hydrogen-bond acceptors (Lipinski definition) is 3. The van der Waals surface area contributed by atoms with E-state index < -0.39 is 8.32 Å². The van der Waals surface area contributed by atoms with Gasteiger partial charge in [0.05, 0.1) is 11.6 Å². The zero-order valence-corrected chi connectivity index (χ0v) is 20.3. The Labute approximate surface area is 192 Å². The van der Waals surface area contributed by atoms with Crippen LogP contribution in [0.1, 0.15) is 40.0 Å². The minimum atomic E-state index is -2.84. The van der Waals surface area contributed by atoms with Crippen LogP contribution in [0, 0.1) is 12.3 Å². The summed E-state index contributed by atoms with van der Waals surface area (Å²) in [4.78, 5) is 0. The van der Waals surface area contributed by atoms with Gasteiger partial charge >= 0.3 is 8.32 Å². The Morgan fingerprint density at radius 2 is 1.65 bits per heavy atom. The predicted molar refractivity (Wildman–Crippen MR) is 130 cm³/mol. The highest BCUT2D eigenvalue weighted by Gasteiger charge is 2.52. The minimum Gasteiger partial charge on any atom is -0.527 e. The molecule has 2 aromatic rings. The van der Waals surface area contributed by atoms with Crippen LogP contribution < -0.4 is 10.4 Å². The van der Waals surface area contributed by atoms with Gasteiger partial charge in [0.25, 0.3) is 0 Å². The van der Waals surface area contributed by atoms with Gasteiger partial charge in [-0.25, -0.2) is 0 Å². The fourth-order valence-corrected chi connectivity index (χ4v) is 8.68. The number of benzene rings is 2. The summed E-state index contributed by atoms with van der Waals surface area (Å²) in [5.41, 5.74) is 0. The van der Waals surface area contributed by atoms with E-state index in [4.69, 9.17) is 31.9 Å². The zero-order chi connectivity index (χ0) is 22.3. The predicted octanol–water partition coefficient (Wildman–Crippen LogP) is 5.19. The lowest BCUT2D eigenvalue weighted by atomic mass is 10.2. The summed E-state index contributed by atoms with van der Waals surface area (Å²) in [7, 11) is -2.84. The van der Waals surface area contributed by atoms with Gasteiger partial charge in [-0.15, -0.1) is 6.42 Å². The van der Waals surface area contributed by atoms with Gasteiger partial charge in [-0.2, -0.15) is 0 Å². The Morgan fingerprint density at radius 1 is 1.06 bits per heavy atom. The first-order valence-electron chi connectivity index (χ1n) is 10.8. The highest BCUT2D eigenvalue weighted by atomic mass is 35.5. The largest absolute Gasteiger partial charge is 0.527 e. The third kappa shape index (κ3) is 5.42. The van der Waals surface area contributed by atoms with Crippen LogP contribution in [0.15, 0.2) is 71.5 Å². The van der Waals surface area contributed by atoms with Crippen molar-refractivity contribution >= 4 is 30.3 Å². The molecular weight excluding hydrogens is 424 g/mol. The van der Waals surface area contributed by atoms with Gasteiger partial charge in [0.15, 0.2) is 12.0 Å². The van der Waals surface area contributed by atoms with E-state index in [1.807, 2.05) is 36.4 Å². The molecule has 0 N–H and O–H groups in total. The fraction of sp³-hybridized carbons (Fsp3) is 0.385. The minimum absolute atomic E-state index is 0.171. The Kier molecular flexibility index (Phi) is 8.02. The Bertz CT molecular complexity index is 868. The molecule has 5 heteroatoms. The molecule has 0 spiro atoms. The van der Waals surface area contributed by atoms with E-state index in [0.717, 1.165) is 29.6 Å². The molecule has 1 aliphatic heterocycles. The maximum absolute atomic E-state index is 6.86. The van der Waals surface area contributed by atoms with Crippen molar-refractivity contribution in [1.82, 2.24) is 0 Å². The van der Waals surface area contributed by atoms with Crippen molar-refractivity contribution in [3.05, 3.63) is 71.5 Å². The summed E-state index contributed by atoms with van der Waals surface area (Å²) in [6.07, 6.45) is 8.69. The molecule has 3 rings (SSSR count). The summed E-state index contributed by atoms with van der Waals surface area (Å²) in [6, 6.07) is 20.7. The summed E-state index contributed by atoms with van der Waals surface area (Å²) in [5, 5.41) is 2.47. The van der Waals surface area contributed by atoms with Crippen LogP contribution in [0.5, 0.6) is 0 Å². The highest BCUT2D eigenvalue weighted by molar-refractivity contribution is 6.99. The van der Waals surface area contributed by atoms with Crippen LogP contribution in [0.3, 0.4) is 0 Å². The molecule has 3 nitrogen and oxygen atoms in total. The van der Waals surface area contributed by atoms with Gasteiger partial charge in [-0.1, -0.05) is 93.0 Å². The molecule has 1 atom stereocenters. The Balaban J connectivity index is 2.01. The molecule has 1 heterocycles. The van der Waals surface area contributed by atoms with Crippen LogP contribution in [0.25, 0.3) is 0 Å². The number of allylic oxidation sites excluding steroid dienone is 1. The summed E-state index contributed by atoms with van der Waals surface area (Å²) < 4.78 is 18.4. The SMILES string of the molecule is C#C/C(O[Si](c1ccccc1)(c1ccccc1)C(C)(C)C)=C(\Cl)COC1CCCCO1. The molecule has 0 amide bonds. The lowest BCUT2D eigenvalue weighted by Gasteiger charge is -2.43. The molecule has 164 valence electrons. The average Bonchev–Trinajstić information content (AvgIpc) is 2.79. The van der Waals surface area contributed by atoms with E-state index in [9.17, 15) is 0 Å². The maximum Gasteiger partial charge on any atom is 0.320 e. The molecule has 1 unspecified atom stereocenters. The van der Waals surface area contributed by atoms with Crippen LogP contribution in [-0.4, -0.2) is 27.8 Å². The Hall–Kier alpha value is -2.03. The van der Waals surface area contributed by atoms with Crippen molar-refractivity contribution in [2.24, 2.45) is 0 Å². The van der Waals surface area contributed by atoms with E-state index in [-0.39, 0.29) is 17.9 Å². The molecule has 1 aliphatic rings. The maximum atomic E-state index is 6.86. The average molecular weight is 455 g/mol. The first kappa shape index (κ1) is 23.6. The molecule has 1 fully saturated rings. The molecule has 2 aromatic carbocycles. The van der Waals surface area contributed by atoms with Crippen LogP contribution in [0.4, 0.5) is 0 Å². The van der Waals surface area contributed by atoms with E-state index in [1.54, 1.807) is 0 Å². The van der Waals surface area contributed by atoms with Gasteiger partial charge in [0.2, 0.25) is 0 Å². The van der Waals surface area contributed by atoms with E-state index in [0.29, 0.717) is 17.4 Å². The number of ether oxygens (including phenoxy) is 2. The number of halogens is 1. The fourth-order valence-electron chi connectivity index (χ4n) is 4.04. The second-order valence-corrected chi connectivity index (χ2v) is 13.4. The van der Waals surface area contributed by atoms with E-state index in [1.165, 1.54) is 0 Å². The second kappa shape index (κ2) is 10.5. The first-order chi connectivity index (χ1) is 14.9. The molecular formula is C26H31ClO3Si. The van der Waals surface area contributed by atoms with Crippen molar-refractivity contribution in [3.63, 3.8) is 0 Å². The first-order valence-corrected chi connectivity index (χ1v) is 13.1. The number of hydrogen-bond donors (Lipinski definition) is 0. The third-order valence-electron chi connectivity index (χ3n) is 5.58. The van der Waals surface area contributed by atoms with E-state index >= 15 is 0 Å². The molecule has 31 heavy (non-hydrogen) atoms. The normalized spacial score (nSPS) is 18.1. The second-order valence-electron chi connectivity index (χ2n) is 8.75. The molecule has 1 saturated heterocycles. The number of rotatable bonds is 7. The highest BCUT2D eigenvalue weighted by Crippen LogP contribution is 2.38. The smallest absolute Gasteiger partial charge is 0.320 e. The van der Waals surface area contributed by atoms with Crippen LogP contribution in [0.2, 0.25) is 5.04 Å². The van der Waals surface area contributed by atoms with Gasteiger partial charge in [-0.05, 0) is 40.6 Å². The quantitative estimate of drug-likeness (QED) is 0.327. The van der Waals surface area contributed by atoms with Gasteiger partial charge in [0, 0.05) is 6.61 Å². The zero-order valence-electron chi connectivity index (χ0n) is 18.6. The third-order valence-corrected chi connectivity index (χ3v) is 10.8.